The number of methoxy groups -OCH3 is 1. The largest absolute Gasteiger partial charge is 0.484 e. The maximum absolute atomic E-state index is 13.3. The van der Waals surface area contributed by atoms with Crippen molar-refractivity contribution in [1.82, 2.24) is 20.6 Å². The molecule has 0 saturated carbocycles. The molecular formula is C39H55ClN7O9+. The minimum Gasteiger partial charge on any atom is -0.484 e. The first-order valence-corrected chi connectivity index (χ1v) is 19.3. The zero-order valence-electron chi connectivity index (χ0n) is 32.0. The van der Waals surface area contributed by atoms with E-state index < -0.39 is 11.9 Å². The lowest BCUT2D eigenvalue weighted by Crippen LogP contribution is -2.60. The number of piperidine rings is 1. The van der Waals surface area contributed by atoms with Crippen molar-refractivity contribution in [3.8, 4) is 11.5 Å². The molecule has 1 aliphatic heterocycles. The Morgan fingerprint density at radius 2 is 1.46 bits per heavy atom. The predicted molar refractivity (Wildman–Crippen MR) is 210 cm³/mol. The van der Waals surface area contributed by atoms with Crippen molar-refractivity contribution in [2.24, 2.45) is 0 Å². The Kier molecular flexibility index (Phi) is 18.3. The number of rotatable bonds is 24. The number of benzene rings is 2. The Labute approximate surface area is 332 Å². The summed E-state index contributed by atoms with van der Waals surface area (Å²) in [7, 11) is 1.32. The number of nitrogens with one attached hydrogen (secondary N) is 2. The second kappa shape index (κ2) is 23.4. The zero-order chi connectivity index (χ0) is 40.2. The number of hydrogen-bond donors (Lipinski definition) is 5. The summed E-state index contributed by atoms with van der Waals surface area (Å²) in [5.74, 6) is 0.00582. The SMILES string of the molecule is COC(=O)COc1ccc(CCC[N+]2(CCCc3ccc(OCC(=O)NCCOCCOCCO)cc3)CCCC(NC(=O)c3nc(Cl)c(N)nc3N)C2)cc1. The number of halogens is 1. The molecule has 2 heterocycles. The molecule has 2 unspecified atom stereocenters. The highest BCUT2D eigenvalue weighted by atomic mass is 35.5. The molecule has 0 aliphatic carbocycles. The molecule has 17 heteroatoms. The zero-order valence-corrected chi connectivity index (χ0v) is 32.8. The third-order valence-corrected chi connectivity index (χ3v) is 9.70. The minimum atomic E-state index is -0.437. The Balaban J connectivity index is 1.30. The molecule has 0 spiro atoms. The van der Waals surface area contributed by atoms with E-state index in [1.54, 1.807) is 0 Å². The van der Waals surface area contributed by atoms with Crippen LogP contribution >= 0.6 is 11.6 Å². The predicted octanol–water partition coefficient (Wildman–Crippen LogP) is 2.34. The number of carbonyl (C=O) groups is 3. The van der Waals surface area contributed by atoms with Crippen LogP contribution in [0.15, 0.2) is 48.5 Å². The summed E-state index contributed by atoms with van der Waals surface area (Å²) < 4.78 is 27.1. The van der Waals surface area contributed by atoms with Crippen LogP contribution in [0.3, 0.4) is 0 Å². The van der Waals surface area contributed by atoms with E-state index in [2.05, 4.69) is 25.3 Å². The summed E-state index contributed by atoms with van der Waals surface area (Å²) in [5.41, 5.74) is 14.0. The lowest BCUT2D eigenvalue weighted by Gasteiger charge is -2.45. The quantitative estimate of drug-likeness (QED) is 0.0500. The number of aryl methyl sites for hydroxylation is 2. The van der Waals surface area contributed by atoms with Crippen molar-refractivity contribution in [2.45, 2.75) is 44.6 Å². The molecule has 1 aliphatic rings. The summed E-state index contributed by atoms with van der Waals surface area (Å²) in [5, 5.41) is 14.5. The average molecular weight is 801 g/mol. The fraction of sp³-hybridized carbons (Fsp3) is 0.513. The van der Waals surface area contributed by atoms with Crippen LogP contribution < -0.4 is 31.6 Å². The number of ether oxygens (including phenoxy) is 5. The minimum absolute atomic E-state index is 0.0275. The maximum atomic E-state index is 13.3. The fourth-order valence-electron chi connectivity index (χ4n) is 6.61. The number of aromatic nitrogens is 2. The van der Waals surface area contributed by atoms with Crippen LogP contribution in [0.5, 0.6) is 11.5 Å². The Morgan fingerprint density at radius 3 is 2.07 bits per heavy atom. The average Bonchev–Trinajstić information content (AvgIpc) is 3.19. The van der Waals surface area contributed by atoms with Gasteiger partial charge < -0.3 is 55.4 Å². The van der Waals surface area contributed by atoms with Crippen molar-refractivity contribution in [1.29, 1.82) is 0 Å². The monoisotopic (exact) mass is 800 g/mol. The standard InChI is InChI=1S/C39H54ClN7O9/c1-52-34(50)27-56-32-14-10-29(11-15-32)6-3-18-47(19-4-7-30(25-47)44-39(51)35-37(41)46-38(42)36(40)45-35)17-2-5-28-8-12-31(13-9-28)55-26-33(49)43-16-21-53-23-24-54-22-20-48/h8-15,30,48H,2-7,16-27H2,1H3,(H5-,41,42,43,44,46,49,51)/p+1. The molecule has 2 aromatic carbocycles. The number of hydrogen-bond acceptors (Lipinski definition) is 13. The molecule has 2 atom stereocenters. The first-order chi connectivity index (χ1) is 27.1. The van der Waals surface area contributed by atoms with Gasteiger partial charge in [-0.3, -0.25) is 9.59 Å². The van der Waals surface area contributed by atoms with Gasteiger partial charge in [-0.15, -0.1) is 0 Å². The van der Waals surface area contributed by atoms with Crippen LogP contribution in [0, 0.1) is 0 Å². The van der Waals surface area contributed by atoms with Crippen LogP contribution in [0.4, 0.5) is 11.6 Å². The van der Waals surface area contributed by atoms with Crippen LogP contribution in [0.1, 0.15) is 47.3 Å². The molecule has 1 aromatic heterocycles. The number of nitrogens with two attached hydrogens (primary N) is 2. The van der Waals surface area contributed by atoms with Gasteiger partial charge in [-0.1, -0.05) is 35.9 Å². The molecule has 2 amide bonds. The number of carbonyl (C=O) groups excluding carboxylic acids is 3. The van der Waals surface area contributed by atoms with Gasteiger partial charge in [-0.25, -0.2) is 14.8 Å². The second-order valence-electron chi connectivity index (χ2n) is 13.6. The molecule has 56 heavy (non-hydrogen) atoms. The number of nitrogen functional groups attached to an aromatic ring is 2. The van der Waals surface area contributed by atoms with E-state index in [1.165, 1.54) is 7.11 Å². The highest BCUT2D eigenvalue weighted by Gasteiger charge is 2.35. The van der Waals surface area contributed by atoms with Crippen LogP contribution in [0.2, 0.25) is 5.15 Å². The van der Waals surface area contributed by atoms with Gasteiger partial charge >= 0.3 is 5.97 Å². The van der Waals surface area contributed by atoms with Gasteiger partial charge in [0.2, 0.25) is 0 Å². The maximum Gasteiger partial charge on any atom is 0.343 e. The number of aliphatic hydroxyl groups excluding tert-OH is 1. The topological polar surface area (TPSA) is 219 Å². The van der Waals surface area contributed by atoms with Crippen molar-refractivity contribution >= 4 is 41.0 Å². The summed E-state index contributed by atoms with van der Waals surface area (Å²) in [6.45, 7) is 5.07. The lowest BCUT2D eigenvalue weighted by atomic mass is 9.99. The molecule has 3 aromatic rings. The fourth-order valence-corrected chi connectivity index (χ4v) is 6.74. The molecule has 16 nitrogen and oxygen atoms in total. The highest BCUT2D eigenvalue weighted by Crippen LogP contribution is 2.25. The van der Waals surface area contributed by atoms with Crippen molar-refractivity contribution < 1.29 is 47.7 Å². The number of amides is 2. The summed E-state index contributed by atoms with van der Waals surface area (Å²) in [4.78, 5) is 44.9. The third-order valence-electron chi connectivity index (χ3n) is 9.42. The Morgan fingerprint density at radius 1 is 0.857 bits per heavy atom. The number of anilines is 2. The number of aliphatic hydroxyl groups is 1. The van der Waals surface area contributed by atoms with E-state index >= 15 is 0 Å². The van der Waals surface area contributed by atoms with E-state index in [0.29, 0.717) is 37.9 Å². The number of esters is 1. The normalized spacial score (nSPS) is 16.5. The van der Waals surface area contributed by atoms with Gasteiger partial charge in [0.15, 0.2) is 35.7 Å². The van der Waals surface area contributed by atoms with Gasteiger partial charge in [-0.2, -0.15) is 0 Å². The van der Waals surface area contributed by atoms with Crippen LogP contribution in [0.25, 0.3) is 0 Å². The van der Waals surface area contributed by atoms with Gasteiger partial charge in [0.1, 0.15) is 11.5 Å². The number of nitrogens with zero attached hydrogens (tertiary/aromatic N) is 3. The van der Waals surface area contributed by atoms with E-state index in [4.69, 9.17) is 47.1 Å². The summed E-state index contributed by atoms with van der Waals surface area (Å²) in [6.07, 6.45) is 5.34. The lowest BCUT2D eigenvalue weighted by molar-refractivity contribution is -0.933. The van der Waals surface area contributed by atoms with Gasteiger partial charge in [-0.05, 0) is 61.1 Å². The van der Waals surface area contributed by atoms with E-state index in [0.717, 1.165) is 80.3 Å². The molecule has 1 saturated heterocycles. The van der Waals surface area contributed by atoms with E-state index in [1.807, 2.05) is 48.5 Å². The first-order valence-electron chi connectivity index (χ1n) is 18.9. The molecular weight excluding hydrogens is 746 g/mol. The Hall–Kier alpha value is -4.74. The molecule has 306 valence electrons. The molecule has 1 fully saturated rings. The van der Waals surface area contributed by atoms with Crippen molar-refractivity contribution in [3.05, 3.63) is 70.5 Å². The summed E-state index contributed by atoms with van der Waals surface area (Å²) in [6, 6.07) is 15.4. The summed E-state index contributed by atoms with van der Waals surface area (Å²) >= 11 is 6.06. The van der Waals surface area contributed by atoms with Crippen molar-refractivity contribution in [2.75, 3.05) is 97.5 Å². The molecule has 4 rings (SSSR count). The van der Waals surface area contributed by atoms with E-state index in [9.17, 15) is 14.4 Å². The number of quaternary nitrogens is 1. The highest BCUT2D eigenvalue weighted by molar-refractivity contribution is 6.31. The van der Waals surface area contributed by atoms with Crippen LogP contribution in [-0.4, -0.2) is 129 Å². The van der Waals surface area contributed by atoms with Gasteiger partial charge in [0, 0.05) is 19.4 Å². The second-order valence-corrected chi connectivity index (χ2v) is 13.9. The van der Waals surface area contributed by atoms with E-state index in [-0.39, 0.29) is 60.9 Å². The van der Waals surface area contributed by atoms with Crippen LogP contribution in [-0.2, 0) is 36.6 Å². The third kappa shape index (κ3) is 15.1. The number of likely N-dealkylation sites (tertiary alicyclic amines) is 1. The molecule has 7 N–H and O–H groups in total. The van der Waals surface area contributed by atoms with Crippen molar-refractivity contribution in [3.63, 3.8) is 0 Å². The molecule has 0 bridgehead atoms. The Bertz CT molecular complexity index is 1680. The smallest absolute Gasteiger partial charge is 0.343 e. The van der Waals surface area contributed by atoms with Gasteiger partial charge in [0.25, 0.3) is 11.8 Å². The molecule has 0 radical (unpaired) electrons. The first kappa shape index (κ1) is 44.0. The van der Waals surface area contributed by atoms with Gasteiger partial charge in [0.05, 0.1) is 72.4 Å².